The van der Waals surface area contributed by atoms with Crippen LogP contribution >= 0.6 is 7.60 Å². The van der Waals surface area contributed by atoms with E-state index in [2.05, 4.69) is 27.7 Å². The minimum atomic E-state index is -3.54. The number of rotatable bonds is 19. The fourth-order valence-electron chi connectivity index (χ4n) is 3.61. The molecule has 1 aromatic rings. The van der Waals surface area contributed by atoms with Crippen molar-refractivity contribution in [2.24, 2.45) is 11.8 Å². The molecule has 0 heterocycles. The van der Waals surface area contributed by atoms with E-state index in [-0.39, 0.29) is 11.5 Å². The van der Waals surface area contributed by atoms with Gasteiger partial charge in [-0.1, -0.05) is 91.9 Å². The van der Waals surface area contributed by atoms with E-state index in [1.807, 2.05) is 0 Å². The Hall–Kier alpha value is -1.03. The highest BCUT2D eigenvalue weighted by atomic mass is 31.2. The first-order chi connectivity index (χ1) is 15.2. The Bertz CT molecular complexity index is 632. The van der Waals surface area contributed by atoms with Gasteiger partial charge in [-0.3, -0.25) is 4.57 Å². The maximum absolute atomic E-state index is 13.5. The first-order valence-corrected chi connectivity index (χ1v) is 14.2. The van der Waals surface area contributed by atoms with Crippen molar-refractivity contribution in [3.63, 3.8) is 0 Å². The predicted octanol–water partition coefficient (Wildman–Crippen LogP) is 7.94. The highest BCUT2D eigenvalue weighted by molar-refractivity contribution is 7.62. The van der Waals surface area contributed by atoms with Gasteiger partial charge in [0, 0.05) is 0 Å². The lowest BCUT2D eigenvalue weighted by molar-refractivity contribution is 0.206. The van der Waals surface area contributed by atoms with Gasteiger partial charge >= 0.3 is 7.60 Å². The second-order valence-corrected chi connectivity index (χ2v) is 11.8. The number of hydrogen-bond donors (Lipinski definition) is 2. The molecule has 5 nitrogen and oxygen atoms in total. The van der Waals surface area contributed by atoms with Crippen LogP contribution in [0.5, 0.6) is 11.5 Å². The molecule has 0 bridgehead atoms. The molecule has 1 aromatic carbocycles. The summed E-state index contributed by atoms with van der Waals surface area (Å²) in [5, 5.41) is 19.7. The summed E-state index contributed by atoms with van der Waals surface area (Å²) < 4.78 is 25.0. The van der Waals surface area contributed by atoms with Crippen molar-refractivity contribution < 1.29 is 23.8 Å². The molecular weight excluding hydrogens is 423 g/mol. The Morgan fingerprint density at radius 2 is 1.12 bits per heavy atom. The molecule has 0 spiro atoms. The summed E-state index contributed by atoms with van der Waals surface area (Å²) in [5.41, 5.74) is 0. The molecule has 0 aliphatic carbocycles. The molecule has 0 aliphatic heterocycles. The number of aromatic hydroxyl groups is 2. The SMILES string of the molecule is CC(C)CCCCCCCOP(=O)(OCCCCCCCC(C)C)c1ccc(O)c(O)c1. The van der Waals surface area contributed by atoms with Crippen LogP contribution in [0.25, 0.3) is 0 Å². The molecule has 0 unspecified atom stereocenters. The third-order valence-corrected chi connectivity index (χ3v) is 7.60. The topological polar surface area (TPSA) is 76.0 Å². The first kappa shape index (κ1) is 29.0. The lowest BCUT2D eigenvalue weighted by Crippen LogP contribution is -2.12. The molecule has 0 fully saturated rings. The van der Waals surface area contributed by atoms with Crippen LogP contribution in [0.3, 0.4) is 0 Å². The van der Waals surface area contributed by atoms with Crippen molar-refractivity contribution in [2.75, 3.05) is 13.2 Å². The molecule has 0 radical (unpaired) electrons. The predicted molar refractivity (Wildman–Crippen MR) is 134 cm³/mol. The first-order valence-electron chi connectivity index (χ1n) is 12.7. The van der Waals surface area contributed by atoms with Crippen molar-refractivity contribution in [1.29, 1.82) is 0 Å². The maximum atomic E-state index is 13.5. The average molecular weight is 471 g/mol. The fraction of sp³-hybridized carbons (Fsp3) is 0.769. The molecule has 0 saturated heterocycles. The summed E-state index contributed by atoms with van der Waals surface area (Å²) in [6, 6.07) is 4.12. The molecule has 0 aromatic heterocycles. The molecular formula is C26H47O5P. The van der Waals surface area contributed by atoms with Crippen LogP contribution in [0.2, 0.25) is 0 Å². The van der Waals surface area contributed by atoms with E-state index in [0.717, 1.165) is 50.4 Å². The average Bonchev–Trinajstić information content (AvgIpc) is 2.73. The number of benzene rings is 1. The van der Waals surface area contributed by atoms with E-state index in [4.69, 9.17) is 9.05 Å². The van der Waals surface area contributed by atoms with Crippen molar-refractivity contribution in [1.82, 2.24) is 0 Å². The zero-order chi connectivity index (χ0) is 23.8. The largest absolute Gasteiger partial charge is 0.504 e. The molecule has 32 heavy (non-hydrogen) atoms. The van der Waals surface area contributed by atoms with Gasteiger partial charge in [0.25, 0.3) is 0 Å². The molecule has 1 rings (SSSR count). The van der Waals surface area contributed by atoms with Gasteiger partial charge < -0.3 is 19.3 Å². The van der Waals surface area contributed by atoms with Gasteiger partial charge in [-0.25, -0.2) is 0 Å². The Labute approximate surface area is 196 Å². The third kappa shape index (κ3) is 12.9. The summed E-state index contributed by atoms with van der Waals surface area (Å²) in [5.74, 6) is 0.944. The minimum absolute atomic E-state index is 0.247. The van der Waals surface area contributed by atoms with Gasteiger partial charge in [0.2, 0.25) is 0 Å². The molecule has 0 amide bonds. The van der Waals surface area contributed by atoms with Gasteiger partial charge in [-0.15, -0.1) is 0 Å². The van der Waals surface area contributed by atoms with E-state index in [0.29, 0.717) is 18.5 Å². The zero-order valence-electron chi connectivity index (χ0n) is 20.9. The minimum Gasteiger partial charge on any atom is -0.504 e. The third-order valence-electron chi connectivity index (χ3n) is 5.65. The summed E-state index contributed by atoms with van der Waals surface area (Å²) in [6.45, 7) is 9.72. The molecule has 186 valence electrons. The number of phenols is 2. The van der Waals surface area contributed by atoms with E-state index in [1.54, 1.807) is 0 Å². The lowest BCUT2D eigenvalue weighted by Gasteiger charge is -2.19. The summed E-state index contributed by atoms with van der Waals surface area (Å²) in [7, 11) is -3.54. The second-order valence-electron chi connectivity index (χ2n) is 9.74. The zero-order valence-corrected chi connectivity index (χ0v) is 21.7. The summed E-state index contributed by atoms with van der Waals surface area (Å²) in [4.78, 5) is 0. The van der Waals surface area contributed by atoms with Gasteiger partial charge in [0.1, 0.15) is 0 Å². The highest BCUT2D eigenvalue weighted by Crippen LogP contribution is 2.48. The monoisotopic (exact) mass is 470 g/mol. The maximum Gasteiger partial charge on any atom is 0.361 e. The second kappa shape index (κ2) is 16.6. The summed E-state index contributed by atoms with van der Waals surface area (Å²) >= 11 is 0. The van der Waals surface area contributed by atoms with Crippen LogP contribution in [0.4, 0.5) is 0 Å². The quantitative estimate of drug-likeness (QED) is 0.122. The Morgan fingerprint density at radius 3 is 1.56 bits per heavy atom. The fourth-order valence-corrected chi connectivity index (χ4v) is 5.26. The lowest BCUT2D eigenvalue weighted by atomic mass is 10.0. The molecule has 0 aliphatic rings. The van der Waals surface area contributed by atoms with Crippen molar-refractivity contribution in [3.8, 4) is 11.5 Å². The Kier molecular flexibility index (Phi) is 15.0. The number of hydrogen-bond acceptors (Lipinski definition) is 5. The standard InChI is InChI=1S/C26H47O5P/c1-22(2)15-11-7-5-9-13-19-30-32(29,24-17-18-25(27)26(28)21-24)31-20-14-10-6-8-12-16-23(3)4/h17-18,21-23,27-28H,5-16,19-20H2,1-4H3. The van der Waals surface area contributed by atoms with Gasteiger partial charge in [-0.2, -0.15) is 0 Å². The van der Waals surface area contributed by atoms with Crippen LogP contribution < -0.4 is 5.30 Å². The Balaban J connectivity index is 2.45. The van der Waals surface area contributed by atoms with Crippen LogP contribution in [0, 0.1) is 11.8 Å². The molecule has 6 heteroatoms. The van der Waals surface area contributed by atoms with Crippen molar-refractivity contribution in [3.05, 3.63) is 18.2 Å². The smallest absolute Gasteiger partial charge is 0.361 e. The van der Waals surface area contributed by atoms with E-state index in [1.165, 1.54) is 56.7 Å². The Morgan fingerprint density at radius 1 is 0.688 bits per heavy atom. The van der Waals surface area contributed by atoms with E-state index in [9.17, 15) is 14.8 Å². The van der Waals surface area contributed by atoms with Crippen molar-refractivity contribution >= 4 is 12.9 Å². The van der Waals surface area contributed by atoms with Crippen LogP contribution in [0.1, 0.15) is 105 Å². The number of unbranched alkanes of at least 4 members (excludes halogenated alkanes) is 8. The van der Waals surface area contributed by atoms with Crippen LogP contribution in [0.15, 0.2) is 18.2 Å². The van der Waals surface area contributed by atoms with Crippen LogP contribution in [-0.2, 0) is 13.6 Å². The van der Waals surface area contributed by atoms with E-state index >= 15 is 0 Å². The van der Waals surface area contributed by atoms with Crippen LogP contribution in [-0.4, -0.2) is 23.4 Å². The van der Waals surface area contributed by atoms with Crippen molar-refractivity contribution in [2.45, 2.75) is 105 Å². The van der Waals surface area contributed by atoms with Gasteiger partial charge in [0.05, 0.1) is 18.5 Å². The van der Waals surface area contributed by atoms with Gasteiger partial charge in [0.15, 0.2) is 11.5 Å². The summed E-state index contributed by atoms with van der Waals surface area (Å²) in [6.07, 6.45) is 13.5. The highest BCUT2D eigenvalue weighted by Gasteiger charge is 2.28. The molecule has 0 atom stereocenters. The van der Waals surface area contributed by atoms with Gasteiger partial charge in [-0.05, 0) is 42.9 Å². The molecule has 2 N–H and O–H groups in total. The number of phenolic OH excluding ortho intramolecular Hbond substituents is 2. The normalized spacial score (nSPS) is 12.2. The van der Waals surface area contributed by atoms with E-state index < -0.39 is 7.60 Å². The molecule has 0 saturated carbocycles.